The summed E-state index contributed by atoms with van der Waals surface area (Å²) in [6.45, 7) is 6.42. The highest BCUT2D eigenvalue weighted by Crippen LogP contribution is 2.01. The molecule has 0 bridgehead atoms. The zero-order valence-electron chi connectivity index (χ0n) is 8.46. The second kappa shape index (κ2) is 4.36. The van der Waals surface area contributed by atoms with E-state index in [1.54, 1.807) is 27.7 Å². The van der Waals surface area contributed by atoms with Crippen LogP contribution in [-0.4, -0.2) is 31.7 Å². The summed E-state index contributed by atoms with van der Waals surface area (Å²) >= 11 is 0. The van der Waals surface area contributed by atoms with Crippen LogP contribution < -0.4 is 9.44 Å². The molecule has 5 nitrogen and oxygen atoms in total. The summed E-state index contributed by atoms with van der Waals surface area (Å²) in [7, 11) is -3.51. The van der Waals surface area contributed by atoms with Crippen molar-refractivity contribution in [3.8, 4) is 0 Å². The van der Waals surface area contributed by atoms with E-state index in [0.29, 0.717) is 0 Å². The van der Waals surface area contributed by atoms with Gasteiger partial charge in [-0.25, -0.2) is 0 Å². The molecule has 6 heteroatoms. The van der Waals surface area contributed by atoms with Crippen molar-refractivity contribution in [1.82, 2.24) is 9.44 Å². The van der Waals surface area contributed by atoms with E-state index in [2.05, 4.69) is 9.44 Å². The van der Waals surface area contributed by atoms with Crippen LogP contribution in [0.3, 0.4) is 0 Å². The molecule has 0 atom stereocenters. The predicted molar refractivity (Wildman–Crippen MR) is 51.5 cm³/mol. The van der Waals surface area contributed by atoms with Crippen LogP contribution in [-0.2, 0) is 10.2 Å². The van der Waals surface area contributed by atoms with Crippen molar-refractivity contribution in [3.63, 3.8) is 0 Å². The van der Waals surface area contributed by atoms with Crippen LogP contribution in [0.4, 0.5) is 0 Å². The van der Waals surface area contributed by atoms with Gasteiger partial charge >= 0.3 is 0 Å². The van der Waals surface area contributed by atoms with Crippen molar-refractivity contribution in [2.45, 2.75) is 39.3 Å². The Morgan fingerprint density at radius 1 is 1.38 bits per heavy atom. The largest absolute Gasteiger partial charge is 0.394 e. The van der Waals surface area contributed by atoms with Crippen LogP contribution in [0, 0.1) is 0 Å². The van der Waals surface area contributed by atoms with Gasteiger partial charge < -0.3 is 5.11 Å². The van der Waals surface area contributed by atoms with Gasteiger partial charge in [-0.15, -0.1) is 0 Å². The molecule has 0 aliphatic carbocycles. The summed E-state index contributed by atoms with van der Waals surface area (Å²) in [5, 5.41) is 8.84. The molecular formula is C7H18N2O3S. The second-order valence-electron chi connectivity index (χ2n) is 3.92. The van der Waals surface area contributed by atoms with Crippen molar-refractivity contribution in [2.24, 2.45) is 0 Å². The lowest BCUT2D eigenvalue weighted by molar-refractivity contribution is 0.208. The van der Waals surface area contributed by atoms with Gasteiger partial charge in [0.15, 0.2) is 0 Å². The van der Waals surface area contributed by atoms with Gasteiger partial charge in [-0.2, -0.15) is 17.9 Å². The predicted octanol–water partition coefficient (Wildman–Crippen LogP) is -0.410. The SMILES string of the molecule is CC(C)NS(=O)(=O)NC(C)(C)CO. The average molecular weight is 210 g/mol. The zero-order valence-corrected chi connectivity index (χ0v) is 9.27. The summed E-state index contributed by atoms with van der Waals surface area (Å²) < 4.78 is 27.2. The number of hydrogen-bond acceptors (Lipinski definition) is 3. The Balaban J connectivity index is 4.35. The quantitative estimate of drug-likeness (QED) is 0.577. The summed E-state index contributed by atoms with van der Waals surface area (Å²) in [4.78, 5) is 0. The van der Waals surface area contributed by atoms with Crippen molar-refractivity contribution < 1.29 is 13.5 Å². The fraction of sp³-hybridized carbons (Fsp3) is 1.00. The van der Waals surface area contributed by atoms with Crippen LogP contribution in [0.2, 0.25) is 0 Å². The third-order valence-corrected chi connectivity index (χ3v) is 2.80. The first-order valence-corrected chi connectivity index (χ1v) is 5.59. The lowest BCUT2D eigenvalue weighted by Crippen LogP contribution is -2.52. The molecule has 0 amide bonds. The maximum absolute atomic E-state index is 11.3. The highest BCUT2D eigenvalue weighted by atomic mass is 32.2. The summed E-state index contributed by atoms with van der Waals surface area (Å²) in [5.41, 5.74) is -0.833. The van der Waals surface area contributed by atoms with Crippen molar-refractivity contribution in [3.05, 3.63) is 0 Å². The Morgan fingerprint density at radius 3 is 2.15 bits per heavy atom. The molecular weight excluding hydrogens is 192 g/mol. The molecule has 0 unspecified atom stereocenters. The van der Waals surface area contributed by atoms with E-state index in [9.17, 15) is 8.42 Å². The van der Waals surface area contributed by atoms with Gasteiger partial charge in [-0.05, 0) is 27.7 Å². The maximum atomic E-state index is 11.3. The average Bonchev–Trinajstić information content (AvgIpc) is 1.81. The van der Waals surface area contributed by atoms with Crippen molar-refractivity contribution in [1.29, 1.82) is 0 Å². The molecule has 0 aliphatic rings. The van der Waals surface area contributed by atoms with Crippen LogP contribution in [0.1, 0.15) is 27.7 Å². The number of hydrogen-bond donors (Lipinski definition) is 3. The minimum absolute atomic E-state index is 0.160. The lowest BCUT2D eigenvalue weighted by atomic mass is 10.1. The Labute approximate surface area is 79.7 Å². The lowest BCUT2D eigenvalue weighted by Gasteiger charge is -2.23. The number of aliphatic hydroxyl groups is 1. The maximum Gasteiger partial charge on any atom is 0.277 e. The van der Waals surface area contributed by atoms with E-state index in [1.165, 1.54) is 0 Å². The van der Waals surface area contributed by atoms with Gasteiger partial charge in [0.05, 0.1) is 12.1 Å². The first-order valence-electron chi connectivity index (χ1n) is 4.10. The normalized spacial score (nSPS) is 13.7. The molecule has 0 aliphatic heterocycles. The highest BCUT2D eigenvalue weighted by molar-refractivity contribution is 7.87. The summed E-state index contributed by atoms with van der Waals surface area (Å²) in [6.07, 6.45) is 0. The molecule has 0 aromatic heterocycles. The van der Waals surface area contributed by atoms with E-state index >= 15 is 0 Å². The van der Waals surface area contributed by atoms with Gasteiger partial charge in [-0.3, -0.25) is 0 Å². The smallest absolute Gasteiger partial charge is 0.277 e. The molecule has 80 valence electrons. The summed E-state index contributed by atoms with van der Waals surface area (Å²) in [6, 6.07) is -0.160. The fourth-order valence-corrected chi connectivity index (χ4v) is 2.21. The van der Waals surface area contributed by atoms with Gasteiger partial charge in [-0.1, -0.05) is 0 Å². The molecule has 0 aromatic rings. The van der Waals surface area contributed by atoms with E-state index in [-0.39, 0.29) is 12.6 Å². The first kappa shape index (κ1) is 12.8. The molecule has 0 heterocycles. The monoisotopic (exact) mass is 210 g/mol. The number of nitrogens with one attached hydrogen (secondary N) is 2. The van der Waals surface area contributed by atoms with Crippen LogP contribution >= 0.6 is 0 Å². The van der Waals surface area contributed by atoms with E-state index in [1.807, 2.05) is 0 Å². The fourth-order valence-electron chi connectivity index (χ4n) is 0.736. The van der Waals surface area contributed by atoms with Crippen molar-refractivity contribution >= 4 is 10.2 Å². The van der Waals surface area contributed by atoms with Crippen LogP contribution in [0.25, 0.3) is 0 Å². The van der Waals surface area contributed by atoms with E-state index < -0.39 is 15.7 Å². The second-order valence-corrected chi connectivity index (χ2v) is 5.37. The minimum Gasteiger partial charge on any atom is -0.394 e. The Bertz CT molecular complexity index is 246. The van der Waals surface area contributed by atoms with E-state index in [0.717, 1.165) is 0 Å². The molecule has 3 N–H and O–H groups in total. The third kappa shape index (κ3) is 5.98. The zero-order chi connectivity index (χ0) is 10.7. The Hall–Kier alpha value is -0.170. The molecule has 0 rings (SSSR count). The van der Waals surface area contributed by atoms with Gasteiger partial charge in [0.1, 0.15) is 0 Å². The molecule has 0 radical (unpaired) electrons. The number of rotatable bonds is 5. The van der Waals surface area contributed by atoms with E-state index in [4.69, 9.17) is 5.11 Å². The first-order chi connectivity index (χ1) is 5.68. The molecule has 0 spiro atoms. The molecule has 0 saturated carbocycles. The third-order valence-electron chi connectivity index (χ3n) is 1.20. The summed E-state index contributed by atoms with van der Waals surface area (Å²) in [5.74, 6) is 0. The van der Waals surface area contributed by atoms with Crippen molar-refractivity contribution in [2.75, 3.05) is 6.61 Å². The van der Waals surface area contributed by atoms with Gasteiger partial charge in [0, 0.05) is 6.04 Å². The molecule has 0 saturated heterocycles. The van der Waals surface area contributed by atoms with Gasteiger partial charge in [0.2, 0.25) is 0 Å². The molecule has 0 aromatic carbocycles. The van der Waals surface area contributed by atoms with Gasteiger partial charge in [0.25, 0.3) is 10.2 Å². The minimum atomic E-state index is -3.51. The number of aliphatic hydroxyl groups excluding tert-OH is 1. The highest BCUT2D eigenvalue weighted by Gasteiger charge is 2.23. The molecule has 0 fully saturated rings. The standard InChI is InChI=1S/C7H18N2O3S/c1-6(2)8-13(11,12)9-7(3,4)5-10/h6,8-10H,5H2,1-4H3. The molecule has 13 heavy (non-hydrogen) atoms. The Kier molecular flexibility index (Phi) is 4.31. The Morgan fingerprint density at radius 2 is 1.85 bits per heavy atom. The van der Waals surface area contributed by atoms with Crippen LogP contribution in [0.15, 0.2) is 0 Å². The van der Waals surface area contributed by atoms with Crippen LogP contribution in [0.5, 0.6) is 0 Å². The topological polar surface area (TPSA) is 78.4 Å².